The molecule has 126 valence electrons. The maximum Gasteiger partial charge on any atom is 0.119 e. The molecule has 1 aliphatic carbocycles. The predicted octanol–water partition coefficient (Wildman–Crippen LogP) is 6.32. The molecule has 1 fully saturated rings. The lowest BCUT2D eigenvalue weighted by atomic mass is 9.96. The van der Waals surface area contributed by atoms with E-state index in [0.717, 1.165) is 16.9 Å². The molecule has 0 unspecified atom stereocenters. The van der Waals surface area contributed by atoms with Gasteiger partial charge in [0, 0.05) is 12.3 Å². The Kier molecular flexibility index (Phi) is 6.17. The van der Waals surface area contributed by atoms with Gasteiger partial charge in [0.2, 0.25) is 0 Å². The van der Waals surface area contributed by atoms with Crippen LogP contribution in [0, 0.1) is 0 Å². The van der Waals surface area contributed by atoms with Gasteiger partial charge < -0.3 is 4.74 Å². The van der Waals surface area contributed by atoms with Gasteiger partial charge in [-0.2, -0.15) is 0 Å². The molecule has 0 atom stereocenters. The summed E-state index contributed by atoms with van der Waals surface area (Å²) in [4.78, 5) is 4.70. The summed E-state index contributed by atoms with van der Waals surface area (Å²) in [6, 6.07) is 14.1. The van der Waals surface area contributed by atoms with E-state index in [1.54, 1.807) is 6.07 Å². The lowest BCUT2D eigenvalue weighted by molar-refractivity contribution is 0.306. The van der Waals surface area contributed by atoms with Gasteiger partial charge in [-0.25, -0.2) is 0 Å². The second kappa shape index (κ2) is 8.55. The van der Waals surface area contributed by atoms with Crippen LogP contribution in [0.4, 0.5) is 0 Å². The van der Waals surface area contributed by atoms with E-state index in [2.05, 4.69) is 0 Å². The van der Waals surface area contributed by atoms with Crippen LogP contribution in [0.5, 0.6) is 5.75 Å². The Morgan fingerprint density at radius 3 is 2.42 bits per heavy atom. The summed E-state index contributed by atoms with van der Waals surface area (Å²) < 4.78 is 5.79. The number of ether oxygens (including phenoxy) is 1. The second-order valence-electron chi connectivity index (χ2n) is 6.18. The summed E-state index contributed by atoms with van der Waals surface area (Å²) in [6.07, 6.45) is 8.41. The number of aliphatic imine (C=N–C) groups is 1. The van der Waals surface area contributed by atoms with Crippen LogP contribution in [0.15, 0.2) is 47.5 Å². The van der Waals surface area contributed by atoms with Crippen LogP contribution in [0.3, 0.4) is 0 Å². The number of nitrogens with zero attached hydrogens (tertiary/aromatic N) is 1. The van der Waals surface area contributed by atoms with Crippen LogP contribution in [0.25, 0.3) is 0 Å². The van der Waals surface area contributed by atoms with E-state index in [-0.39, 0.29) is 0 Å². The van der Waals surface area contributed by atoms with Crippen molar-refractivity contribution in [2.24, 2.45) is 4.99 Å². The van der Waals surface area contributed by atoms with Crippen LogP contribution in [-0.4, -0.2) is 12.3 Å². The zero-order valence-corrected chi connectivity index (χ0v) is 15.1. The smallest absolute Gasteiger partial charge is 0.119 e. The molecule has 4 heteroatoms. The number of hydrogen-bond donors (Lipinski definition) is 0. The van der Waals surface area contributed by atoms with E-state index in [9.17, 15) is 0 Å². The Labute approximate surface area is 153 Å². The highest BCUT2D eigenvalue weighted by Crippen LogP contribution is 2.24. The summed E-state index contributed by atoms with van der Waals surface area (Å²) in [6.45, 7) is 0.465. The fourth-order valence-corrected chi connectivity index (χ4v) is 3.19. The second-order valence-corrected chi connectivity index (χ2v) is 6.99. The highest BCUT2D eigenvalue weighted by Gasteiger charge is 2.10. The van der Waals surface area contributed by atoms with Crippen LogP contribution in [0.1, 0.15) is 43.2 Å². The first-order valence-electron chi connectivity index (χ1n) is 8.41. The summed E-state index contributed by atoms with van der Waals surface area (Å²) >= 11 is 11.9. The van der Waals surface area contributed by atoms with E-state index in [4.69, 9.17) is 32.9 Å². The van der Waals surface area contributed by atoms with Crippen LogP contribution < -0.4 is 4.74 Å². The van der Waals surface area contributed by atoms with Crippen LogP contribution in [0.2, 0.25) is 10.0 Å². The first-order valence-corrected chi connectivity index (χ1v) is 9.16. The van der Waals surface area contributed by atoms with Gasteiger partial charge in [-0.3, -0.25) is 4.99 Å². The normalized spacial score (nSPS) is 15.8. The van der Waals surface area contributed by atoms with Crippen molar-refractivity contribution in [1.29, 1.82) is 0 Å². The Morgan fingerprint density at radius 1 is 0.958 bits per heavy atom. The molecule has 24 heavy (non-hydrogen) atoms. The summed E-state index contributed by atoms with van der Waals surface area (Å²) in [5.41, 5.74) is 2.11. The lowest BCUT2D eigenvalue weighted by Crippen LogP contribution is -2.09. The number of rotatable bonds is 5. The number of benzene rings is 2. The molecule has 2 nitrogen and oxygen atoms in total. The topological polar surface area (TPSA) is 21.6 Å². The van der Waals surface area contributed by atoms with Gasteiger partial charge in [0.05, 0.1) is 10.0 Å². The van der Waals surface area contributed by atoms with Gasteiger partial charge in [-0.05, 0) is 60.4 Å². The third-order valence-corrected chi connectivity index (χ3v) is 5.02. The third-order valence-electron chi connectivity index (χ3n) is 4.28. The molecule has 1 aliphatic rings. The molecule has 0 N–H and O–H groups in total. The summed E-state index contributed by atoms with van der Waals surface area (Å²) in [7, 11) is 0. The number of halogens is 2. The molecule has 0 aromatic heterocycles. The van der Waals surface area contributed by atoms with Crippen molar-refractivity contribution in [3.8, 4) is 5.75 Å². The molecule has 0 radical (unpaired) electrons. The van der Waals surface area contributed by atoms with Gasteiger partial charge in [-0.1, -0.05) is 48.5 Å². The Morgan fingerprint density at radius 2 is 1.71 bits per heavy atom. The van der Waals surface area contributed by atoms with Gasteiger partial charge in [0.15, 0.2) is 0 Å². The quantitative estimate of drug-likeness (QED) is 0.570. The van der Waals surface area contributed by atoms with E-state index < -0.39 is 0 Å². The average Bonchev–Trinajstić information content (AvgIpc) is 2.63. The molecule has 2 aromatic carbocycles. The standard InChI is InChI=1S/C20H21Cl2NO/c21-19-11-8-16(12-20(19)22)14-24-18-9-6-15(7-10-18)13-23-17-4-2-1-3-5-17/h6-13,17H,1-5,14H2/b23-13+. The van der Waals surface area contributed by atoms with Crippen molar-refractivity contribution >= 4 is 29.4 Å². The Balaban J connectivity index is 1.54. The van der Waals surface area contributed by atoms with E-state index in [1.165, 1.54) is 32.1 Å². The van der Waals surface area contributed by atoms with E-state index >= 15 is 0 Å². The fraction of sp³-hybridized carbons (Fsp3) is 0.350. The van der Waals surface area contributed by atoms with Crippen molar-refractivity contribution < 1.29 is 4.74 Å². The molecule has 0 aliphatic heterocycles. The van der Waals surface area contributed by atoms with Crippen molar-refractivity contribution in [3.05, 3.63) is 63.6 Å². The van der Waals surface area contributed by atoms with Crippen molar-refractivity contribution in [2.45, 2.75) is 44.8 Å². The molecule has 1 saturated carbocycles. The zero-order valence-electron chi connectivity index (χ0n) is 13.6. The highest BCUT2D eigenvalue weighted by atomic mass is 35.5. The van der Waals surface area contributed by atoms with Gasteiger partial charge in [0.25, 0.3) is 0 Å². The molecule has 0 amide bonds. The van der Waals surface area contributed by atoms with Gasteiger partial charge in [-0.15, -0.1) is 0 Å². The molecule has 0 spiro atoms. The molecular formula is C20H21Cl2NO. The molecule has 0 bridgehead atoms. The van der Waals surface area contributed by atoms with Crippen LogP contribution in [-0.2, 0) is 6.61 Å². The molecule has 3 rings (SSSR count). The minimum atomic E-state index is 0.465. The monoisotopic (exact) mass is 361 g/mol. The maximum absolute atomic E-state index is 6.01. The minimum Gasteiger partial charge on any atom is -0.489 e. The SMILES string of the molecule is Clc1ccc(COc2ccc(/C=N/C3CCCCC3)cc2)cc1Cl. The lowest BCUT2D eigenvalue weighted by Gasteiger charge is -2.17. The Bertz CT molecular complexity index is 691. The molecule has 2 aromatic rings. The highest BCUT2D eigenvalue weighted by molar-refractivity contribution is 6.42. The summed E-state index contributed by atoms with van der Waals surface area (Å²) in [5, 5.41) is 1.11. The van der Waals surface area contributed by atoms with Crippen molar-refractivity contribution in [2.75, 3.05) is 0 Å². The maximum atomic E-state index is 6.01. The first-order chi connectivity index (χ1) is 11.7. The molecule has 0 heterocycles. The summed E-state index contributed by atoms with van der Waals surface area (Å²) in [5.74, 6) is 0.830. The largest absolute Gasteiger partial charge is 0.489 e. The van der Waals surface area contributed by atoms with E-state index in [1.807, 2.05) is 42.6 Å². The molecule has 0 saturated heterocycles. The predicted molar refractivity (Wildman–Crippen MR) is 102 cm³/mol. The molecular weight excluding hydrogens is 341 g/mol. The van der Waals surface area contributed by atoms with Crippen LogP contribution >= 0.6 is 23.2 Å². The Hall–Kier alpha value is -1.51. The van der Waals surface area contributed by atoms with Crippen molar-refractivity contribution in [3.63, 3.8) is 0 Å². The third kappa shape index (κ3) is 4.99. The average molecular weight is 362 g/mol. The van der Waals surface area contributed by atoms with Gasteiger partial charge >= 0.3 is 0 Å². The van der Waals surface area contributed by atoms with Crippen molar-refractivity contribution in [1.82, 2.24) is 0 Å². The minimum absolute atomic E-state index is 0.465. The zero-order chi connectivity index (χ0) is 16.8. The first kappa shape index (κ1) is 17.3. The number of hydrogen-bond acceptors (Lipinski definition) is 2. The van der Waals surface area contributed by atoms with Gasteiger partial charge in [0.1, 0.15) is 12.4 Å². The van der Waals surface area contributed by atoms with E-state index in [0.29, 0.717) is 22.7 Å². The fourth-order valence-electron chi connectivity index (χ4n) is 2.87.